The van der Waals surface area contributed by atoms with Crippen molar-refractivity contribution < 1.29 is 13.9 Å². The fourth-order valence-electron chi connectivity index (χ4n) is 3.16. The molecule has 0 aromatic heterocycles. The molecule has 0 unspecified atom stereocenters. The molecule has 23 heavy (non-hydrogen) atoms. The summed E-state index contributed by atoms with van der Waals surface area (Å²) in [7, 11) is 0. The molecule has 0 heterocycles. The lowest BCUT2D eigenvalue weighted by atomic mass is 9.71. The van der Waals surface area contributed by atoms with Gasteiger partial charge in [-0.3, -0.25) is 4.79 Å². The van der Waals surface area contributed by atoms with Gasteiger partial charge < -0.3 is 15.8 Å². The number of carbonyl (C=O) groups is 1. The molecule has 6 heteroatoms. The zero-order valence-electron chi connectivity index (χ0n) is 13.6. The second-order valence-electron chi connectivity index (χ2n) is 6.06. The molecule has 130 valence electrons. The molecule has 4 nitrogen and oxygen atoms in total. The van der Waals surface area contributed by atoms with Crippen molar-refractivity contribution in [3.8, 4) is 5.75 Å². The molecule has 1 fully saturated rings. The van der Waals surface area contributed by atoms with Crippen LogP contribution in [0, 0.1) is 11.2 Å². The van der Waals surface area contributed by atoms with E-state index in [-0.39, 0.29) is 29.5 Å². The van der Waals surface area contributed by atoms with Gasteiger partial charge in [-0.05, 0) is 43.9 Å². The summed E-state index contributed by atoms with van der Waals surface area (Å²) in [5.74, 6) is -0.103. The third kappa shape index (κ3) is 5.36. The summed E-state index contributed by atoms with van der Waals surface area (Å²) in [6, 6.07) is 4.14. The van der Waals surface area contributed by atoms with Crippen LogP contribution in [0.5, 0.6) is 5.75 Å². The summed E-state index contributed by atoms with van der Waals surface area (Å²) < 4.78 is 18.7. The van der Waals surface area contributed by atoms with Gasteiger partial charge in [-0.2, -0.15) is 0 Å². The van der Waals surface area contributed by atoms with Gasteiger partial charge in [0.1, 0.15) is 11.6 Å². The van der Waals surface area contributed by atoms with E-state index in [9.17, 15) is 9.18 Å². The zero-order valence-corrected chi connectivity index (χ0v) is 14.4. The smallest absolute Gasteiger partial charge is 0.225 e. The highest BCUT2D eigenvalue weighted by atomic mass is 35.5. The predicted molar refractivity (Wildman–Crippen MR) is 92.6 cm³/mol. The Labute approximate surface area is 143 Å². The van der Waals surface area contributed by atoms with Gasteiger partial charge in [-0.1, -0.05) is 19.3 Å². The average Bonchev–Trinajstić information content (AvgIpc) is 2.51. The lowest BCUT2D eigenvalue weighted by molar-refractivity contribution is -0.118. The van der Waals surface area contributed by atoms with Crippen LogP contribution in [0.2, 0.25) is 0 Å². The van der Waals surface area contributed by atoms with Gasteiger partial charge >= 0.3 is 0 Å². The Bertz CT molecular complexity index is 519. The minimum absolute atomic E-state index is 0. The van der Waals surface area contributed by atoms with Crippen molar-refractivity contribution >= 4 is 24.0 Å². The van der Waals surface area contributed by atoms with Crippen molar-refractivity contribution in [3.05, 3.63) is 24.0 Å². The van der Waals surface area contributed by atoms with Crippen LogP contribution in [0.1, 0.15) is 45.4 Å². The molecule has 1 amide bonds. The lowest BCUT2D eigenvalue weighted by Crippen LogP contribution is -2.36. The van der Waals surface area contributed by atoms with E-state index in [0.717, 1.165) is 25.7 Å². The van der Waals surface area contributed by atoms with Crippen LogP contribution in [0.25, 0.3) is 0 Å². The Morgan fingerprint density at radius 1 is 1.35 bits per heavy atom. The number of nitrogens with two attached hydrogens (primary N) is 1. The Morgan fingerprint density at radius 2 is 2.04 bits per heavy atom. The van der Waals surface area contributed by atoms with Gasteiger partial charge in [-0.25, -0.2) is 4.39 Å². The maximum atomic E-state index is 13.3. The second-order valence-corrected chi connectivity index (χ2v) is 6.06. The van der Waals surface area contributed by atoms with Crippen molar-refractivity contribution in [1.82, 2.24) is 0 Å². The van der Waals surface area contributed by atoms with Crippen molar-refractivity contribution in [2.45, 2.75) is 45.4 Å². The number of halogens is 2. The highest BCUT2D eigenvalue weighted by molar-refractivity contribution is 5.92. The summed E-state index contributed by atoms with van der Waals surface area (Å²) in [4.78, 5) is 12.4. The molecule has 0 spiro atoms. The van der Waals surface area contributed by atoms with E-state index >= 15 is 0 Å². The summed E-state index contributed by atoms with van der Waals surface area (Å²) in [5.41, 5.74) is 6.34. The highest BCUT2D eigenvalue weighted by Gasteiger charge is 2.33. The summed E-state index contributed by atoms with van der Waals surface area (Å²) in [6.45, 7) is 2.77. The van der Waals surface area contributed by atoms with E-state index in [1.54, 1.807) is 0 Å². The first-order valence-corrected chi connectivity index (χ1v) is 8.01. The maximum absolute atomic E-state index is 13.3. The molecule has 0 atom stereocenters. The normalized spacial score (nSPS) is 16.3. The van der Waals surface area contributed by atoms with Crippen molar-refractivity contribution in [1.29, 1.82) is 0 Å². The largest absolute Gasteiger partial charge is 0.492 e. The molecular weight excluding hydrogens is 319 g/mol. The van der Waals surface area contributed by atoms with E-state index in [1.807, 2.05) is 6.92 Å². The Hall–Kier alpha value is -1.33. The monoisotopic (exact) mass is 344 g/mol. The Morgan fingerprint density at radius 3 is 2.65 bits per heavy atom. The Kier molecular flexibility index (Phi) is 7.79. The first-order valence-electron chi connectivity index (χ1n) is 8.01. The van der Waals surface area contributed by atoms with Gasteiger partial charge in [0.25, 0.3) is 0 Å². The molecule has 0 aliphatic heterocycles. The fourth-order valence-corrected chi connectivity index (χ4v) is 3.16. The molecule has 1 saturated carbocycles. The highest BCUT2D eigenvalue weighted by Crippen LogP contribution is 2.38. The van der Waals surface area contributed by atoms with Crippen molar-refractivity contribution in [3.63, 3.8) is 0 Å². The summed E-state index contributed by atoms with van der Waals surface area (Å²) in [6.07, 6.45) is 5.88. The number of hydrogen-bond donors (Lipinski definition) is 2. The lowest BCUT2D eigenvalue weighted by Gasteiger charge is -2.35. The number of benzene rings is 1. The molecule has 1 aromatic carbocycles. The van der Waals surface area contributed by atoms with Gasteiger partial charge in [0, 0.05) is 12.5 Å². The predicted octanol–water partition coefficient (Wildman–Crippen LogP) is 3.88. The summed E-state index contributed by atoms with van der Waals surface area (Å²) in [5, 5.41) is 2.84. The van der Waals surface area contributed by atoms with Crippen LogP contribution >= 0.6 is 12.4 Å². The third-order valence-electron chi connectivity index (χ3n) is 4.40. The molecule has 1 aliphatic rings. The SMILES string of the molecule is CCOc1cc(F)ccc1NC(=O)CC1(CN)CCCCC1.Cl. The van der Waals surface area contributed by atoms with Gasteiger partial charge in [0.15, 0.2) is 0 Å². The quantitative estimate of drug-likeness (QED) is 0.823. The zero-order chi connectivity index (χ0) is 16.0. The molecule has 0 radical (unpaired) electrons. The van der Waals surface area contributed by atoms with Gasteiger partial charge in [0.05, 0.1) is 12.3 Å². The van der Waals surface area contributed by atoms with Crippen LogP contribution in [-0.2, 0) is 4.79 Å². The number of nitrogens with one attached hydrogen (secondary N) is 1. The number of carbonyl (C=O) groups excluding carboxylic acids is 1. The molecular formula is C17H26ClFN2O2. The topological polar surface area (TPSA) is 64.3 Å². The number of ether oxygens (including phenoxy) is 1. The molecule has 0 bridgehead atoms. The van der Waals surface area contributed by atoms with Gasteiger partial charge in [-0.15, -0.1) is 12.4 Å². The van der Waals surface area contributed by atoms with E-state index in [1.165, 1.54) is 24.6 Å². The minimum atomic E-state index is -0.382. The van der Waals surface area contributed by atoms with Crippen molar-refractivity contribution in [2.75, 3.05) is 18.5 Å². The van der Waals surface area contributed by atoms with Crippen molar-refractivity contribution in [2.24, 2.45) is 11.1 Å². The van der Waals surface area contributed by atoms with Crippen LogP contribution in [0.4, 0.5) is 10.1 Å². The number of hydrogen-bond acceptors (Lipinski definition) is 3. The number of amides is 1. The van der Waals surface area contributed by atoms with E-state index in [0.29, 0.717) is 31.0 Å². The first kappa shape index (κ1) is 19.7. The maximum Gasteiger partial charge on any atom is 0.225 e. The van der Waals surface area contributed by atoms with E-state index in [2.05, 4.69) is 5.32 Å². The fraction of sp³-hybridized carbons (Fsp3) is 0.588. The summed E-state index contributed by atoms with van der Waals surface area (Å²) >= 11 is 0. The second kappa shape index (κ2) is 9.08. The van der Waals surface area contributed by atoms with Crippen LogP contribution in [-0.4, -0.2) is 19.1 Å². The standard InChI is InChI=1S/C17H25FN2O2.ClH/c1-2-22-15-10-13(18)6-7-14(15)20-16(21)11-17(12-19)8-4-3-5-9-17;/h6-7,10H,2-5,8-9,11-12,19H2,1H3,(H,20,21);1H. The first-order chi connectivity index (χ1) is 10.6. The van der Waals surface area contributed by atoms with E-state index < -0.39 is 0 Å². The van der Waals surface area contributed by atoms with Gasteiger partial charge in [0.2, 0.25) is 5.91 Å². The molecule has 2 rings (SSSR count). The van der Waals surface area contributed by atoms with Crippen LogP contribution < -0.4 is 15.8 Å². The minimum Gasteiger partial charge on any atom is -0.492 e. The number of rotatable bonds is 6. The molecule has 3 N–H and O–H groups in total. The number of anilines is 1. The average molecular weight is 345 g/mol. The Balaban J connectivity index is 0.00000264. The third-order valence-corrected chi connectivity index (χ3v) is 4.40. The molecule has 1 aromatic rings. The van der Waals surface area contributed by atoms with Crippen LogP contribution in [0.3, 0.4) is 0 Å². The molecule has 1 aliphatic carbocycles. The van der Waals surface area contributed by atoms with E-state index in [4.69, 9.17) is 10.5 Å². The molecule has 0 saturated heterocycles. The van der Waals surface area contributed by atoms with Crippen LogP contribution in [0.15, 0.2) is 18.2 Å².